The molecule has 2 aromatic carbocycles. The second-order valence-electron chi connectivity index (χ2n) is 4.49. The van der Waals surface area contributed by atoms with E-state index in [0.717, 1.165) is 17.2 Å². The smallest absolute Gasteiger partial charge is 0.518 e. The molecule has 0 aromatic heterocycles. The van der Waals surface area contributed by atoms with Gasteiger partial charge in [-0.1, -0.05) is 0 Å². The van der Waals surface area contributed by atoms with E-state index in [1.807, 2.05) is 43.3 Å². The van der Waals surface area contributed by atoms with Crippen molar-refractivity contribution in [3.63, 3.8) is 0 Å². The van der Waals surface area contributed by atoms with Gasteiger partial charge in [0.05, 0.1) is 6.10 Å². The fraction of sp³-hybridized carbons (Fsp3) is 0.200. The van der Waals surface area contributed by atoms with Crippen molar-refractivity contribution in [3.05, 3.63) is 48.5 Å². The highest BCUT2D eigenvalue weighted by Crippen LogP contribution is 2.24. The molecule has 0 aliphatic rings. The van der Waals surface area contributed by atoms with E-state index in [1.165, 1.54) is 0 Å². The molecule has 0 amide bonds. The van der Waals surface area contributed by atoms with Crippen molar-refractivity contribution >= 4 is 15.7 Å². The summed E-state index contributed by atoms with van der Waals surface area (Å²) in [6, 6.07) is 14.6. The first kappa shape index (κ1) is 15.4. The van der Waals surface area contributed by atoms with Crippen LogP contribution >= 0.6 is 0 Å². The van der Waals surface area contributed by atoms with Crippen LogP contribution in [0.15, 0.2) is 48.5 Å². The standard InChI is InChI=1S/C15H18N2O3Si/c1-11(10-16)19-21-20-15-8-6-14(7-9-15)18-13-4-2-12(17)3-5-13/h2-9,11H,10,16-17H2,1H3. The van der Waals surface area contributed by atoms with Crippen molar-refractivity contribution in [1.82, 2.24) is 0 Å². The van der Waals surface area contributed by atoms with Crippen LogP contribution in [0.25, 0.3) is 0 Å². The maximum Gasteiger partial charge on any atom is 0.521 e. The summed E-state index contributed by atoms with van der Waals surface area (Å²) in [5, 5.41) is 0. The summed E-state index contributed by atoms with van der Waals surface area (Å²) in [5.74, 6) is 2.19. The van der Waals surface area contributed by atoms with Gasteiger partial charge in [-0.05, 0) is 55.5 Å². The third-order valence-electron chi connectivity index (χ3n) is 2.68. The number of hydrogen-bond donors (Lipinski definition) is 2. The maximum atomic E-state index is 5.69. The number of nitrogens with two attached hydrogens (primary N) is 2. The third kappa shape index (κ3) is 5.11. The monoisotopic (exact) mass is 302 g/mol. The average Bonchev–Trinajstić information content (AvgIpc) is 2.51. The predicted octanol–water partition coefficient (Wildman–Crippen LogP) is 2.34. The van der Waals surface area contributed by atoms with Gasteiger partial charge in [0.2, 0.25) is 0 Å². The molecule has 0 fully saturated rings. The molecule has 0 heterocycles. The predicted molar refractivity (Wildman–Crippen MR) is 83.4 cm³/mol. The minimum atomic E-state index is -0.0691. The van der Waals surface area contributed by atoms with E-state index < -0.39 is 0 Å². The van der Waals surface area contributed by atoms with E-state index in [1.54, 1.807) is 12.1 Å². The molecule has 21 heavy (non-hydrogen) atoms. The van der Waals surface area contributed by atoms with Crippen molar-refractivity contribution < 1.29 is 13.6 Å². The molecule has 2 rings (SSSR count). The van der Waals surface area contributed by atoms with Gasteiger partial charge in [0, 0.05) is 12.2 Å². The molecule has 0 spiro atoms. The van der Waals surface area contributed by atoms with Crippen LogP contribution in [0.2, 0.25) is 0 Å². The molecule has 1 unspecified atom stereocenters. The van der Waals surface area contributed by atoms with Crippen LogP contribution in [0.5, 0.6) is 17.2 Å². The van der Waals surface area contributed by atoms with E-state index in [-0.39, 0.29) is 16.1 Å². The SMILES string of the molecule is CC(CN)O[Si]Oc1ccc(Oc2ccc(N)cc2)cc1. The summed E-state index contributed by atoms with van der Waals surface area (Å²) in [6.07, 6.45) is -0.00328. The Labute approximate surface area is 126 Å². The van der Waals surface area contributed by atoms with Gasteiger partial charge >= 0.3 is 10.0 Å². The Balaban J connectivity index is 1.85. The van der Waals surface area contributed by atoms with Gasteiger partial charge in [-0.25, -0.2) is 0 Å². The summed E-state index contributed by atoms with van der Waals surface area (Å²) < 4.78 is 16.5. The lowest BCUT2D eigenvalue weighted by atomic mass is 10.3. The quantitative estimate of drug-likeness (QED) is 0.606. The van der Waals surface area contributed by atoms with Crippen LogP contribution in [0, 0.1) is 0 Å². The normalized spacial score (nSPS) is 11.9. The van der Waals surface area contributed by atoms with Gasteiger partial charge in [0.15, 0.2) is 0 Å². The number of anilines is 1. The molecule has 0 aliphatic carbocycles. The van der Waals surface area contributed by atoms with Gasteiger partial charge in [0.25, 0.3) is 0 Å². The molecule has 1 atom stereocenters. The van der Waals surface area contributed by atoms with Crippen LogP contribution in [0.1, 0.15) is 6.92 Å². The molecule has 2 aromatic rings. The molecule has 0 aliphatic heterocycles. The Bertz CT molecular complexity index is 546. The zero-order valence-electron chi connectivity index (χ0n) is 11.8. The van der Waals surface area contributed by atoms with Gasteiger partial charge in [-0.15, -0.1) is 0 Å². The second-order valence-corrected chi connectivity index (χ2v) is 5.10. The largest absolute Gasteiger partial charge is 0.521 e. The van der Waals surface area contributed by atoms with Crippen molar-refractivity contribution in [3.8, 4) is 17.2 Å². The molecule has 2 radical (unpaired) electrons. The van der Waals surface area contributed by atoms with Crippen LogP contribution in [0.3, 0.4) is 0 Å². The first-order valence-corrected chi connectivity index (χ1v) is 7.40. The van der Waals surface area contributed by atoms with Gasteiger partial charge in [-0.3, -0.25) is 0 Å². The van der Waals surface area contributed by atoms with Crippen LogP contribution in [-0.4, -0.2) is 22.7 Å². The number of nitrogen functional groups attached to an aromatic ring is 1. The van der Waals surface area contributed by atoms with E-state index in [9.17, 15) is 0 Å². The van der Waals surface area contributed by atoms with Crippen LogP contribution in [-0.2, 0) is 4.43 Å². The number of hydrogen-bond acceptors (Lipinski definition) is 5. The molecule has 5 nitrogen and oxygen atoms in total. The van der Waals surface area contributed by atoms with Gasteiger partial charge in [-0.2, -0.15) is 0 Å². The van der Waals surface area contributed by atoms with Crippen molar-refractivity contribution in [2.75, 3.05) is 12.3 Å². The summed E-state index contributed by atoms with van der Waals surface area (Å²) in [5.41, 5.74) is 11.8. The molecular weight excluding hydrogens is 284 g/mol. The molecule has 0 saturated heterocycles. The summed E-state index contributed by atoms with van der Waals surface area (Å²) in [7, 11) is -0.0691. The van der Waals surface area contributed by atoms with Crippen LogP contribution in [0.4, 0.5) is 5.69 Å². The van der Waals surface area contributed by atoms with Crippen molar-refractivity contribution in [2.45, 2.75) is 13.0 Å². The number of ether oxygens (including phenoxy) is 1. The summed E-state index contributed by atoms with van der Waals surface area (Å²) in [4.78, 5) is 0. The van der Waals surface area contributed by atoms with E-state index in [2.05, 4.69) is 0 Å². The minimum absolute atomic E-state index is 0.00328. The maximum absolute atomic E-state index is 5.69. The van der Waals surface area contributed by atoms with Gasteiger partial charge < -0.3 is 25.1 Å². The lowest BCUT2D eigenvalue weighted by Crippen LogP contribution is -2.24. The van der Waals surface area contributed by atoms with E-state index in [0.29, 0.717) is 12.2 Å². The third-order valence-corrected chi connectivity index (χ3v) is 3.50. The Morgan fingerprint density at radius 3 is 2.05 bits per heavy atom. The molecule has 4 N–H and O–H groups in total. The summed E-state index contributed by atoms with van der Waals surface area (Å²) >= 11 is 0. The Morgan fingerprint density at radius 1 is 0.952 bits per heavy atom. The number of benzene rings is 2. The highest BCUT2D eigenvalue weighted by molar-refractivity contribution is 6.19. The van der Waals surface area contributed by atoms with E-state index >= 15 is 0 Å². The topological polar surface area (TPSA) is 79.7 Å². The molecule has 0 bridgehead atoms. The second kappa shape index (κ2) is 7.68. The Morgan fingerprint density at radius 2 is 1.48 bits per heavy atom. The van der Waals surface area contributed by atoms with Crippen molar-refractivity contribution in [1.29, 1.82) is 0 Å². The minimum Gasteiger partial charge on any atom is -0.518 e. The highest BCUT2D eigenvalue weighted by Gasteiger charge is 2.04. The van der Waals surface area contributed by atoms with Crippen molar-refractivity contribution in [2.24, 2.45) is 5.73 Å². The fourth-order valence-corrected chi connectivity index (χ4v) is 1.99. The first-order valence-electron chi connectivity index (χ1n) is 6.58. The van der Waals surface area contributed by atoms with Gasteiger partial charge in [0.1, 0.15) is 17.2 Å². The average molecular weight is 302 g/mol. The zero-order valence-corrected chi connectivity index (χ0v) is 12.8. The van der Waals surface area contributed by atoms with E-state index in [4.69, 9.17) is 25.1 Å². The lowest BCUT2D eigenvalue weighted by Gasteiger charge is -2.10. The molecular formula is C15H18N2O3Si. The Hall–Kier alpha value is -2.02. The molecule has 0 saturated carbocycles. The highest BCUT2D eigenvalue weighted by atomic mass is 28.3. The summed E-state index contributed by atoms with van der Waals surface area (Å²) in [6.45, 7) is 2.38. The lowest BCUT2D eigenvalue weighted by molar-refractivity contribution is 0.211. The first-order chi connectivity index (χ1) is 10.2. The molecule has 6 heteroatoms. The molecule has 110 valence electrons. The fourth-order valence-electron chi connectivity index (χ4n) is 1.45. The zero-order chi connectivity index (χ0) is 15.1. The van der Waals surface area contributed by atoms with Crippen LogP contribution < -0.4 is 20.6 Å². The number of rotatable bonds is 7. The Kier molecular flexibility index (Phi) is 5.62.